The summed E-state index contributed by atoms with van der Waals surface area (Å²) in [4.78, 5) is 4.21. The molecule has 23 heavy (non-hydrogen) atoms. The highest BCUT2D eigenvalue weighted by atomic mass is 35.5. The third-order valence-corrected chi connectivity index (χ3v) is 4.13. The summed E-state index contributed by atoms with van der Waals surface area (Å²) in [5.74, 6) is -1.42. The molecule has 3 nitrogen and oxygen atoms in total. The van der Waals surface area contributed by atoms with E-state index in [1.165, 1.54) is 6.92 Å². The normalized spacial score (nSPS) is 13.3. The number of hydrogen-bond donors (Lipinski definition) is 0. The Morgan fingerprint density at radius 1 is 1.26 bits per heavy atom. The molecule has 0 fully saturated rings. The Morgan fingerprint density at radius 3 is 2.52 bits per heavy atom. The van der Waals surface area contributed by atoms with E-state index in [1.807, 2.05) is 13.8 Å². The highest BCUT2D eigenvalue weighted by molar-refractivity contribution is 6.33. The fourth-order valence-electron chi connectivity index (χ4n) is 2.46. The molecule has 0 aliphatic carbocycles. The first-order valence-corrected chi connectivity index (χ1v) is 7.91. The monoisotopic (exact) mass is 345 g/mol. The second-order valence-electron chi connectivity index (χ2n) is 5.49. The van der Waals surface area contributed by atoms with Crippen LogP contribution in [0.5, 0.6) is 0 Å². The summed E-state index contributed by atoms with van der Waals surface area (Å²) in [6, 6.07) is 1.74. The van der Waals surface area contributed by atoms with Crippen LogP contribution in [0.3, 0.4) is 0 Å². The van der Waals surface area contributed by atoms with Gasteiger partial charge in [-0.05, 0) is 25.0 Å². The number of aromatic nitrogens is 3. The minimum absolute atomic E-state index is 0.127. The largest absolute Gasteiger partial charge is 0.391 e. The first-order chi connectivity index (χ1) is 10.8. The van der Waals surface area contributed by atoms with Crippen LogP contribution in [0.1, 0.15) is 32.0 Å². The van der Waals surface area contributed by atoms with E-state index in [9.17, 15) is 13.2 Å². The second kappa shape index (κ2) is 6.91. The van der Waals surface area contributed by atoms with Crippen molar-refractivity contribution >= 4 is 11.6 Å². The summed E-state index contributed by atoms with van der Waals surface area (Å²) in [6.07, 6.45) is -0.489. The fraction of sp³-hybridized carbons (Fsp3) is 0.500. The predicted octanol–water partition coefficient (Wildman–Crippen LogP) is 4.92. The summed E-state index contributed by atoms with van der Waals surface area (Å²) in [6.45, 7) is 5.73. The maximum atomic E-state index is 12.7. The number of alkyl halides is 3. The molecule has 2 aromatic heterocycles. The van der Waals surface area contributed by atoms with E-state index in [2.05, 4.69) is 10.1 Å². The molecule has 0 amide bonds. The lowest BCUT2D eigenvalue weighted by molar-refractivity contribution is -0.169. The Bertz CT molecular complexity index is 680. The summed E-state index contributed by atoms with van der Waals surface area (Å²) in [5.41, 5.74) is 2.93. The molecule has 0 N–H and O–H groups in total. The lowest BCUT2D eigenvalue weighted by Crippen LogP contribution is -2.22. The van der Waals surface area contributed by atoms with Gasteiger partial charge in [-0.3, -0.25) is 9.67 Å². The molecule has 126 valence electrons. The van der Waals surface area contributed by atoms with Crippen molar-refractivity contribution < 1.29 is 13.2 Å². The van der Waals surface area contributed by atoms with Crippen LogP contribution in [0.4, 0.5) is 13.2 Å². The third-order valence-electron chi connectivity index (χ3n) is 3.85. The van der Waals surface area contributed by atoms with Crippen molar-refractivity contribution in [2.24, 2.45) is 5.92 Å². The van der Waals surface area contributed by atoms with Gasteiger partial charge in [0.15, 0.2) is 0 Å². The summed E-state index contributed by atoms with van der Waals surface area (Å²) in [7, 11) is 0. The highest BCUT2D eigenvalue weighted by Crippen LogP contribution is 2.32. The Hall–Kier alpha value is -1.56. The van der Waals surface area contributed by atoms with Gasteiger partial charge >= 0.3 is 6.18 Å². The van der Waals surface area contributed by atoms with E-state index in [0.717, 1.165) is 16.8 Å². The lowest BCUT2D eigenvalue weighted by Gasteiger charge is -2.16. The van der Waals surface area contributed by atoms with Crippen LogP contribution >= 0.6 is 11.6 Å². The minimum Gasteiger partial charge on any atom is -0.264 e. The topological polar surface area (TPSA) is 30.7 Å². The molecule has 2 heterocycles. The molecule has 0 aliphatic rings. The van der Waals surface area contributed by atoms with Crippen molar-refractivity contribution in [2.75, 3.05) is 0 Å². The summed E-state index contributed by atoms with van der Waals surface area (Å²) < 4.78 is 39.9. The Kier molecular flexibility index (Phi) is 5.34. The van der Waals surface area contributed by atoms with Crippen LogP contribution in [0.25, 0.3) is 11.3 Å². The Morgan fingerprint density at radius 2 is 1.96 bits per heavy atom. The van der Waals surface area contributed by atoms with E-state index in [4.69, 9.17) is 11.6 Å². The SMILES string of the molecule is CCc1cc(C[C@@H](C)C(F)(F)F)ncc1-c1c(Cl)cnn1CC. The van der Waals surface area contributed by atoms with Crippen LogP contribution in [0.2, 0.25) is 5.02 Å². The molecule has 2 rings (SSSR count). The molecule has 0 aliphatic heterocycles. The van der Waals surface area contributed by atoms with Crippen molar-refractivity contribution in [3.8, 4) is 11.3 Å². The standard InChI is InChI=1S/C16H19ClF3N3/c1-4-11-7-12(6-10(3)16(18,19)20)21-8-13(11)15-14(17)9-22-23(15)5-2/h7-10H,4-6H2,1-3H3/t10-/m1/s1. The zero-order chi connectivity index (χ0) is 17.2. The van der Waals surface area contributed by atoms with E-state index >= 15 is 0 Å². The molecular weight excluding hydrogens is 327 g/mol. The van der Waals surface area contributed by atoms with Gasteiger partial charge in [-0.25, -0.2) is 0 Å². The molecule has 0 unspecified atom stereocenters. The number of halogens is 4. The van der Waals surface area contributed by atoms with Crippen molar-refractivity contribution in [3.63, 3.8) is 0 Å². The zero-order valence-electron chi connectivity index (χ0n) is 13.3. The number of rotatable bonds is 5. The first kappa shape index (κ1) is 17.8. The molecule has 7 heteroatoms. The summed E-state index contributed by atoms with van der Waals surface area (Å²) in [5, 5.41) is 4.71. The van der Waals surface area contributed by atoms with Gasteiger partial charge in [0.05, 0.1) is 22.8 Å². The van der Waals surface area contributed by atoms with Gasteiger partial charge in [-0.2, -0.15) is 18.3 Å². The van der Waals surface area contributed by atoms with Gasteiger partial charge in [0.25, 0.3) is 0 Å². The van der Waals surface area contributed by atoms with Crippen molar-refractivity contribution in [1.82, 2.24) is 14.8 Å². The zero-order valence-corrected chi connectivity index (χ0v) is 14.0. The molecule has 0 spiro atoms. The number of aryl methyl sites for hydroxylation is 2. The number of hydrogen-bond acceptors (Lipinski definition) is 2. The quantitative estimate of drug-likeness (QED) is 0.770. The minimum atomic E-state index is -4.21. The molecule has 0 radical (unpaired) electrons. The molecule has 0 saturated carbocycles. The Labute approximate surface area is 138 Å². The van der Waals surface area contributed by atoms with E-state index in [0.29, 0.717) is 23.7 Å². The van der Waals surface area contributed by atoms with Crippen LogP contribution < -0.4 is 0 Å². The maximum absolute atomic E-state index is 12.7. The Balaban J connectivity index is 2.39. The molecule has 0 bridgehead atoms. The molecular formula is C16H19ClF3N3. The van der Waals surface area contributed by atoms with Crippen LogP contribution in [-0.2, 0) is 19.4 Å². The second-order valence-corrected chi connectivity index (χ2v) is 5.90. The van der Waals surface area contributed by atoms with Gasteiger partial charge < -0.3 is 0 Å². The van der Waals surface area contributed by atoms with Crippen molar-refractivity contribution in [1.29, 1.82) is 0 Å². The van der Waals surface area contributed by atoms with Crippen LogP contribution in [-0.4, -0.2) is 20.9 Å². The number of nitrogens with zero attached hydrogens (tertiary/aromatic N) is 3. The average molecular weight is 346 g/mol. The molecule has 0 aromatic carbocycles. The number of pyridine rings is 1. The third kappa shape index (κ3) is 3.86. The van der Waals surface area contributed by atoms with E-state index in [-0.39, 0.29) is 6.42 Å². The van der Waals surface area contributed by atoms with Gasteiger partial charge in [0.2, 0.25) is 0 Å². The fourth-order valence-corrected chi connectivity index (χ4v) is 2.71. The van der Waals surface area contributed by atoms with Crippen LogP contribution in [0, 0.1) is 5.92 Å². The highest BCUT2D eigenvalue weighted by Gasteiger charge is 2.36. The molecule has 0 saturated heterocycles. The average Bonchev–Trinajstić information content (AvgIpc) is 2.87. The summed E-state index contributed by atoms with van der Waals surface area (Å²) >= 11 is 6.21. The molecule has 1 atom stereocenters. The van der Waals surface area contributed by atoms with Gasteiger partial charge in [0, 0.05) is 30.4 Å². The smallest absolute Gasteiger partial charge is 0.264 e. The van der Waals surface area contributed by atoms with Crippen LogP contribution in [0.15, 0.2) is 18.5 Å². The first-order valence-electron chi connectivity index (χ1n) is 7.54. The van der Waals surface area contributed by atoms with E-state index in [1.54, 1.807) is 23.1 Å². The lowest BCUT2D eigenvalue weighted by atomic mass is 9.99. The van der Waals surface area contributed by atoms with Gasteiger partial charge in [-0.15, -0.1) is 0 Å². The maximum Gasteiger partial charge on any atom is 0.391 e. The van der Waals surface area contributed by atoms with Crippen molar-refractivity contribution in [3.05, 3.63) is 34.7 Å². The van der Waals surface area contributed by atoms with Gasteiger partial charge in [0.1, 0.15) is 0 Å². The predicted molar refractivity (Wildman–Crippen MR) is 84.4 cm³/mol. The van der Waals surface area contributed by atoms with E-state index < -0.39 is 12.1 Å². The van der Waals surface area contributed by atoms with Gasteiger partial charge in [-0.1, -0.05) is 25.4 Å². The van der Waals surface area contributed by atoms with Crippen molar-refractivity contribution in [2.45, 2.75) is 46.3 Å². The molecule has 2 aromatic rings.